The average Bonchev–Trinajstić information content (AvgIpc) is 2.91. The number of aliphatic imine (C=N–C) groups is 1. The highest BCUT2D eigenvalue weighted by atomic mass is 19.3. The Hall–Kier alpha value is -2.60. The first-order valence-electron chi connectivity index (χ1n) is 10.3. The Labute approximate surface area is 176 Å². The van der Waals surface area contributed by atoms with E-state index in [1.165, 1.54) is 0 Å². The molecule has 2 aliphatic rings. The van der Waals surface area contributed by atoms with Crippen molar-refractivity contribution in [2.45, 2.75) is 51.4 Å². The highest BCUT2D eigenvalue weighted by Gasteiger charge is 2.46. The van der Waals surface area contributed by atoms with Gasteiger partial charge in [-0.25, -0.2) is 13.8 Å². The lowest BCUT2D eigenvalue weighted by Crippen LogP contribution is -2.44. The van der Waals surface area contributed by atoms with Crippen molar-refractivity contribution in [2.75, 3.05) is 18.0 Å². The average molecular weight is 411 g/mol. The van der Waals surface area contributed by atoms with E-state index in [9.17, 15) is 13.6 Å². The zero-order chi connectivity index (χ0) is 21.7. The van der Waals surface area contributed by atoms with Gasteiger partial charge in [0.15, 0.2) is 0 Å². The van der Waals surface area contributed by atoms with Gasteiger partial charge in [-0.3, -0.25) is 9.69 Å². The molecule has 0 radical (unpaired) electrons. The predicted molar refractivity (Wildman–Crippen MR) is 116 cm³/mol. The second-order valence-corrected chi connectivity index (χ2v) is 8.79. The van der Waals surface area contributed by atoms with Gasteiger partial charge in [-0.15, -0.1) is 0 Å². The van der Waals surface area contributed by atoms with Crippen molar-refractivity contribution < 1.29 is 13.6 Å². The topological polar surface area (TPSA) is 44.7 Å². The third kappa shape index (κ3) is 3.14. The van der Waals surface area contributed by atoms with Crippen LogP contribution < -0.4 is 10.2 Å². The Morgan fingerprint density at radius 3 is 2.63 bits per heavy atom. The summed E-state index contributed by atoms with van der Waals surface area (Å²) >= 11 is 0. The van der Waals surface area contributed by atoms with Crippen LogP contribution in [0.5, 0.6) is 0 Å². The van der Waals surface area contributed by atoms with Gasteiger partial charge in [-0.1, -0.05) is 24.3 Å². The third-order valence-electron chi connectivity index (χ3n) is 6.58. The molecule has 0 spiro atoms. The molecule has 0 saturated carbocycles. The monoisotopic (exact) mass is 411 g/mol. The summed E-state index contributed by atoms with van der Waals surface area (Å²) in [6.45, 7) is 8.35. The zero-order valence-corrected chi connectivity index (χ0v) is 17.8. The Kier molecular flexibility index (Phi) is 5.01. The van der Waals surface area contributed by atoms with E-state index in [2.05, 4.69) is 10.3 Å². The molecule has 0 aromatic heterocycles. The lowest BCUT2D eigenvalue weighted by molar-refractivity contribution is -0.106. The summed E-state index contributed by atoms with van der Waals surface area (Å²) in [6, 6.07) is 11.6. The number of amidine groups is 1. The summed E-state index contributed by atoms with van der Waals surface area (Å²) in [5, 5.41) is 2.79. The largest absolute Gasteiger partial charge is 0.311 e. The highest BCUT2D eigenvalue weighted by molar-refractivity contribution is 6.17. The van der Waals surface area contributed by atoms with E-state index in [-0.39, 0.29) is 6.54 Å². The van der Waals surface area contributed by atoms with E-state index in [4.69, 9.17) is 0 Å². The van der Waals surface area contributed by atoms with Gasteiger partial charge in [0.2, 0.25) is 6.41 Å². The van der Waals surface area contributed by atoms with Crippen molar-refractivity contribution in [3.63, 3.8) is 0 Å². The van der Waals surface area contributed by atoms with E-state index < -0.39 is 17.3 Å². The van der Waals surface area contributed by atoms with Gasteiger partial charge >= 0.3 is 0 Å². The quantitative estimate of drug-likeness (QED) is 0.723. The lowest BCUT2D eigenvalue weighted by atomic mass is 9.82. The minimum Gasteiger partial charge on any atom is -0.311 e. The fourth-order valence-electron chi connectivity index (χ4n) is 4.73. The van der Waals surface area contributed by atoms with Crippen LogP contribution in [-0.2, 0) is 10.2 Å². The van der Waals surface area contributed by atoms with Crippen LogP contribution in [-0.4, -0.2) is 31.3 Å². The Morgan fingerprint density at radius 1 is 1.17 bits per heavy atom. The third-order valence-corrected chi connectivity index (χ3v) is 6.58. The molecular formula is C24H27F2N3O. The zero-order valence-electron chi connectivity index (χ0n) is 17.8. The molecule has 1 amide bonds. The second kappa shape index (κ2) is 7.27. The molecule has 1 saturated heterocycles. The molecule has 2 aromatic rings. The molecule has 1 unspecified atom stereocenters. The molecule has 2 heterocycles. The molecule has 4 rings (SSSR count). The first kappa shape index (κ1) is 20.7. The van der Waals surface area contributed by atoms with Crippen LogP contribution >= 0.6 is 0 Å². The fraction of sp³-hybridized carbons (Fsp3) is 0.417. The van der Waals surface area contributed by atoms with Gasteiger partial charge in [0.1, 0.15) is 5.84 Å². The maximum atomic E-state index is 14.6. The van der Waals surface area contributed by atoms with E-state index >= 15 is 0 Å². The summed E-state index contributed by atoms with van der Waals surface area (Å²) in [6.07, 6.45) is 0.941. The number of fused-ring (bicyclic) bond motifs is 1. The van der Waals surface area contributed by atoms with Crippen LogP contribution in [0.15, 0.2) is 41.4 Å². The van der Waals surface area contributed by atoms with E-state index in [0.717, 1.165) is 28.1 Å². The number of hydrogen-bond donors (Lipinski definition) is 1. The molecule has 0 aliphatic carbocycles. The van der Waals surface area contributed by atoms with Crippen LogP contribution in [0.25, 0.3) is 0 Å². The number of halogens is 2. The van der Waals surface area contributed by atoms with Crippen molar-refractivity contribution in [1.82, 2.24) is 5.32 Å². The first-order chi connectivity index (χ1) is 14.2. The minimum atomic E-state index is -2.80. The number of hydrogen-bond acceptors (Lipinski definition) is 2. The number of carbonyl (C=O) groups is 1. The van der Waals surface area contributed by atoms with Crippen LogP contribution in [0.2, 0.25) is 0 Å². The Bertz CT molecular complexity index is 1030. The molecule has 1 atom stereocenters. The number of amides is 1. The number of rotatable bonds is 3. The summed E-state index contributed by atoms with van der Waals surface area (Å²) in [4.78, 5) is 17.6. The van der Waals surface area contributed by atoms with Gasteiger partial charge < -0.3 is 5.32 Å². The summed E-state index contributed by atoms with van der Waals surface area (Å²) in [7, 11) is 0. The lowest BCUT2D eigenvalue weighted by Gasteiger charge is -2.33. The smallest absolute Gasteiger partial charge is 0.267 e. The predicted octanol–water partition coefficient (Wildman–Crippen LogP) is 5.00. The number of aryl methyl sites for hydroxylation is 1. The van der Waals surface area contributed by atoms with Gasteiger partial charge in [-0.05, 0) is 75.0 Å². The molecule has 1 N–H and O–H groups in total. The van der Waals surface area contributed by atoms with Crippen molar-refractivity contribution in [2.24, 2.45) is 4.99 Å². The number of benzene rings is 2. The maximum Gasteiger partial charge on any atom is 0.267 e. The molecule has 0 bridgehead atoms. The van der Waals surface area contributed by atoms with Crippen LogP contribution in [0.1, 0.15) is 48.4 Å². The van der Waals surface area contributed by atoms with Crippen LogP contribution in [0, 0.1) is 13.8 Å². The SMILES string of the molecule is Cc1cccc(N2C(=NC=O)C(C)(C)c3ccc(C4CCNCC4(F)F)cc32)c1C. The van der Waals surface area contributed by atoms with Gasteiger partial charge in [0.25, 0.3) is 5.92 Å². The van der Waals surface area contributed by atoms with Crippen molar-refractivity contribution in [3.8, 4) is 0 Å². The van der Waals surface area contributed by atoms with Crippen molar-refractivity contribution in [1.29, 1.82) is 0 Å². The normalized spacial score (nSPS) is 23.5. The van der Waals surface area contributed by atoms with Gasteiger partial charge in [0.05, 0.1) is 29.3 Å². The molecule has 1 fully saturated rings. The molecular weight excluding hydrogens is 384 g/mol. The Balaban J connectivity index is 1.92. The van der Waals surface area contributed by atoms with E-state index in [1.54, 1.807) is 0 Å². The molecule has 6 heteroatoms. The van der Waals surface area contributed by atoms with Crippen LogP contribution in [0.4, 0.5) is 20.2 Å². The van der Waals surface area contributed by atoms with Crippen molar-refractivity contribution >= 4 is 23.6 Å². The maximum absolute atomic E-state index is 14.6. The summed E-state index contributed by atoms with van der Waals surface area (Å²) in [5.74, 6) is -3.03. The molecule has 2 aliphatic heterocycles. The van der Waals surface area contributed by atoms with Crippen molar-refractivity contribution in [3.05, 3.63) is 58.7 Å². The number of nitrogens with zero attached hydrogens (tertiary/aromatic N) is 2. The molecule has 30 heavy (non-hydrogen) atoms. The van der Waals surface area contributed by atoms with Gasteiger partial charge in [0, 0.05) is 0 Å². The number of nitrogens with one attached hydrogen (secondary N) is 1. The number of piperidine rings is 1. The summed E-state index contributed by atoms with van der Waals surface area (Å²) < 4.78 is 29.3. The first-order valence-corrected chi connectivity index (χ1v) is 10.3. The fourth-order valence-corrected chi connectivity index (χ4v) is 4.73. The highest BCUT2D eigenvalue weighted by Crippen LogP contribution is 2.49. The minimum absolute atomic E-state index is 0.307. The molecule has 2 aromatic carbocycles. The Morgan fingerprint density at radius 2 is 1.93 bits per heavy atom. The molecule has 4 nitrogen and oxygen atoms in total. The number of alkyl halides is 2. The second-order valence-electron chi connectivity index (χ2n) is 8.79. The number of anilines is 2. The standard InChI is InChI=1S/C24H27F2N3O/c1-15-6-5-7-20(16(15)2)29-21-12-17(18-10-11-27-13-24(18,25)26)8-9-19(21)23(3,4)22(29)28-14-30/h5-9,12,14,18,27H,10-11,13H2,1-4H3. The van der Waals surface area contributed by atoms with E-state index in [1.807, 2.05) is 69.0 Å². The van der Waals surface area contributed by atoms with Gasteiger partial charge in [-0.2, -0.15) is 0 Å². The molecule has 158 valence electrons. The summed E-state index contributed by atoms with van der Waals surface area (Å²) in [5.41, 5.74) is 4.99. The van der Waals surface area contributed by atoms with E-state index in [0.29, 0.717) is 30.8 Å². The number of carbonyl (C=O) groups excluding carboxylic acids is 1. The van der Waals surface area contributed by atoms with Crippen LogP contribution in [0.3, 0.4) is 0 Å².